The van der Waals surface area contributed by atoms with E-state index in [1.54, 1.807) is 0 Å². The van der Waals surface area contributed by atoms with Crippen molar-refractivity contribution >= 4 is 17.3 Å². The van der Waals surface area contributed by atoms with Crippen LogP contribution in [0.4, 0.5) is 11.4 Å². The first kappa shape index (κ1) is 15.9. The first-order valence-corrected chi connectivity index (χ1v) is 6.32. The maximum atomic E-state index is 11.7. The summed E-state index contributed by atoms with van der Waals surface area (Å²) in [4.78, 5) is 21.9. The highest BCUT2D eigenvalue weighted by Crippen LogP contribution is 2.29. The van der Waals surface area contributed by atoms with Gasteiger partial charge in [-0.3, -0.25) is 14.9 Å². The number of carbonyl (C=O) groups excluding carboxylic acids is 1. The van der Waals surface area contributed by atoms with Crippen LogP contribution < -0.4 is 15.8 Å². The summed E-state index contributed by atoms with van der Waals surface area (Å²) < 4.78 is 5.04. The van der Waals surface area contributed by atoms with Gasteiger partial charge in [-0.2, -0.15) is 0 Å². The van der Waals surface area contributed by atoms with Crippen LogP contribution in [-0.4, -0.2) is 24.0 Å². The molecule has 0 fully saturated rings. The molecule has 0 aliphatic heterocycles. The van der Waals surface area contributed by atoms with Crippen molar-refractivity contribution in [1.29, 1.82) is 0 Å². The number of amides is 1. The molecular weight excluding hydrogens is 262 g/mol. The molecule has 0 aliphatic rings. The number of nitrogens with zero attached hydrogens (tertiary/aromatic N) is 1. The van der Waals surface area contributed by atoms with Gasteiger partial charge in [0.25, 0.3) is 5.69 Å². The summed E-state index contributed by atoms with van der Waals surface area (Å²) >= 11 is 0. The minimum atomic E-state index is -0.517. The maximum Gasteiger partial charge on any atom is 0.273 e. The fourth-order valence-corrected chi connectivity index (χ4v) is 1.69. The molecule has 1 rings (SSSR count). The largest absolute Gasteiger partial charge is 0.494 e. The van der Waals surface area contributed by atoms with Crippen molar-refractivity contribution in [2.45, 2.75) is 32.2 Å². The third-order valence-corrected chi connectivity index (χ3v) is 2.73. The van der Waals surface area contributed by atoms with E-state index in [4.69, 9.17) is 10.5 Å². The molecule has 0 saturated heterocycles. The van der Waals surface area contributed by atoms with E-state index in [1.807, 2.05) is 6.92 Å². The Morgan fingerprint density at radius 1 is 1.55 bits per heavy atom. The highest BCUT2D eigenvalue weighted by molar-refractivity contribution is 5.92. The standard InChI is InChI=1S/C13H19N3O4/c1-9(14)4-3-5-13(17)15-11-7-6-10(16(18)19)8-12(11)20-2/h6-9H,3-5,14H2,1-2H3,(H,15,17). The molecule has 0 radical (unpaired) electrons. The van der Waals surface area contributed by atoms with Crippen molar-refractivity contribution in [3.05, 3.63) is 28.3 Å². The zero-order valence-electron chi connectivity index (χ0n) is 11.6. The lowest BCUT2D eigenvalue weighted by molar-refractivity contribution is -0.384. The summed E-state index contributed by atoms with van der Waals surface area (Å²) in [6.45, 7) is 1.89. The van der Waals surface area contributed by atoms with Gasteiger partial charge in [-0.05, 0) is 25.8 Å². The number of anilines is 1. The topological polar surface area (TPSA) is 107 Å². The summed E-state index contributed by atoms with van der Waals surface area (Å²) in [6, 6.07) is 4.12. The Balaban J connectivity index is 2.67. The van der Waals surface area contributed by atoms with Crippen LogP contribution in [-0.2, 0) is 4.79 Å². The monoisotopic (exact) mass is 281 g/mol. The molecule has 1 aromatic rings. The van der Waals surface area contributed by atoms with E-state index in [1.165, 1.54) is 25.3 Å². The summed E-state index contributed by atoms with van der Waals surface area (Å²) in [5.41, 5.74) is 5.94. The summed E-state index contributed by atoms with van der Waals surface area (Å²) in [6.07, 6.45) is 1.81. The lowest BCUT2D eigenvalue weighted by Crippen LogP contribution is -2.17. The molecule has 0 aliphatic carbocycles. The van der Waals surface area contributed by atoms with Crippen molar-refractivity contribution in [2.75, 3.05) is 12.4 Å². The quantitative estimate of drug-likeness (QED) is 0.587. The molecule has 110 valence electrons. The molecule has 1 amide bonds. The Bertz CT molecular complexity index is 489. The number of nitro groups is 1. The fraction of sp³-hybridized carbons (Fsp3) is 0.462. The molecule has 3 N–H and O–H groups in total. The van der Waals surface area contributed by atoms with Crippen LogP contribution in [0.2, 0.25) is 0 Å². The Kier molecular flexibility index (Phi) is 5.92. The minimum absolute atomic E-state index is 0.0664. The Morgan fingerprint density at radius 3 is 2.80 bits per heavy atom. The van der Waals surface area contributed by atoms with E-state index in [0.29, 0.717) is 18.5 Å². The van der Waals surface area contributed by atoms with Gasteiger partial charge in [0, 0.05) is 18.5 Å². The number of methoxy groups -OCH3 is 1. The van der Waals surface area contributed by atoms with Gasteiger partial charge in [0.1, 0.15) is 5.75 Å². The number of hydrogen-bond donors (Lipinski definition) is 2. The molecule has 0 aromatic heterocycles. The molecule has 7 nitrogen and oxygen atoms in total. The zero-order chi connectivity index (χ0) is 15.1. The van der Waals surface area contributed by atoms with Crippen molar-refractivity contribution in [3.63, 3.8) is 0 Å². The molecule has 0 heterocycles. The van der Waals surface area contributed by atoms with Crippen LogP contribution in [0, 0.1) is 10.1 Å². The molecule has 0 bridgehead atoms. The Labute approximate surface area is 117 Å². The molecular formula is C13H19N3O4. The Hall–Kier alpha value is -2.15. The van der Waals surface area contributed by atoms with Crippen LogP contribution in [0.5, 0.6) is 5.75 Å². The van der Waals surface area contributed by atoms with Crippen LogP contribution in [0.1, 0.15) is 26.2 Å². The lowest BCUT2D eigenvalue weighted by Gasteiger charge is -2.10. The van der Waals surface area contributed by atoms with Gasteiger partial charge < -0.3 is 15.8 Å². The first-order chi connectivity index (χ1) is 9.43. The van der Waals surface area contributed by atoms with Crippen LogP contribution in [0.15, 0.2) is 18.2 Å². The number of non-ortho nitro benzene ring substituents is 1. The molecule has 1 atom stereocenters. The SMILES string of the molecule is COc1cc([N+](=O)[O-])ccc1NC(=O)CCCC(C)N. The van der Waals surface area contributed by atoms with Crippen molar-refractivity contribution in [1.82, 2.24) is 0 Å². The van der Waals surface area contributed by atoms with E-state index in [0.717, 1.165) is 6.42 Å². The highest BCUT2D eigenvalue weighted by atomic mass is 16.6. The van der Waals surface area contributed by atoms with Gasteiger partial charge in [0.05, 0.1) is 23.8 Å². The average Bonchev–Trinajstić information content (AvgIpc) is 2.38. The van der Waals surface area contributed by atoms with Gasteiger partial charge in [-0.15, -0.1) is 0 Å². The van der Waals surface area contributed by atoms with Crippen molar-refractivity contribution in [2.24, 2.45) is 5.73 Å². The number of hydrogen-bond acceptors (Lipinski definition) is 5. The number of nitro benzene ring substituents is 1. The number of carbonyl (C=O) groups is 1. The van der Waals surface area contributed by atoms with Gasteiger partial charge in [0.15, 0.2) is 0 Å². The fourth-order valence-electron chi connectivity index (χ4n) is 1.69. The van der Waals surface area contributed by atoms with E-state index in [-0.39, 0.29) is 23.4 Å². The van der Waals surface area contributed by atoms with Crippen LogP contribution in [0.3, 0.4) is 0 Å². The summed E-state index contributed by atoms with van der Waals surface area (Å²) in [5, 5.41) is 13.3. The number of nitrogens with two attached hydrogens (primary N) is 1. The van der Waals surface area contributed by atoms with Crippen LogP contribution >= 0.6 is 0 Å². The number of rotatable bonds is 7. The second-order valence-corrected chi connectivity index (χ2v) is 4.56. The Morgan fingerprint density at radius 2 is 2.25 bits per heavy atom. The number of benzene rings is 1. The highest BCUT2D eigenvalue weighted by Gasteiger charge is 2.13. The average molecular weight is 281 g/mol. The summed E-state index contributed by atoms with van der Waals surface area (Å²) in [7, 11) is 1.39. The third-order valence-electron chi connectivity index (χ3n) is 2.73. The molecule has 0 spiro atoms. The van der Waals surface area contributed by atoms with Gasteiger partial charge in [-0.1, -0.05) is 0 Å². The number of ether oxygens (including phenoxy) is 1. The van der Waals surface area contributed by atoms with Crippen LogP contribution in [0.25, 0.3) is 0 Å². The second kappa shape index (κ2) is 7.44. The predicted molar refractivity (Wildman–Crippen MR) is 75.8 cm³/mol. The zero-order valence-corrected chi connectivity index (χ0v) is 11.6. The van der Waals surface area contributed by atoms with E-state index in [9.17, 15) is 14.9 Å². The van der Waals surface area contributed by atoms with E-state index >= 15 is 0 Å². The summed E-state index contributed by atoms with van der Waals surface area (Å²) in [5.74, 6) is 0.0949. The van der Waals surface area contributed by atoms with E-state index < -0.39 is 4.92 Å². The lowest BCUT2D eigenvalue weighted by atomic mass is 10.1. The molecule has 1 unspecified atom stereocenters. The molecule has 20 heavy (non-hydrogen) atoms. The number of nitrogens with one attached hydrogen (secondary N) is 1. The predicted octanol–water partition coefficient (Wildman–Crippen LogP) is 2.06. The molecule has 1 aromatic carbocycles. The van der Waals surface area contributed by atoms with Gasteiger partial charge in [-0.25, -0.2) is 0 Å². The second-order valence-electron chi connectivity index (χ2n) is 4.56. The first-order valence-electron chi connectivity index (χ1n) is 6.32. The molecule has 7 heteroatoms. The smallest absolute Gasteiger partial charge is 0.273 e. The maximum absolute atomic E-state index is 11.7. The van der Waals surface area contributed by atoms with Crippen molar-refractivity contribution in [3.8, 4) is 5.75 Å². The van der Waals surface area contributed by atoms with E-state index in [2.05, 4.69) is 5.32 Å². The van der Waals surface area contributed by atoms with Gasteiger partial charge >= 0.3 is 0 Å². The van der Waals surface area contributed by atoms with Gasteiger partial charge in [0.2, 0.25) is 5.91 Å². The normalized spacial score (nSPS) is 11.8. The minimum Gasteiger partial charge on any atom is -0.494 e. The van der Waals surface area contributed by atoms with Crippen molar-refractivity contribution < 1.29 is 14.5 Å². The molecule has 0 saturated carbocycles. The third kappa shape index (κ3) is 4.85.